The number of amidine groups is 1. The largest absolute Gasteiger partial charge is 0.315 e. The Balaban J connectivity index is 1.99. The molecule has 1 aromatic carbocycles. The molecule has 8 heteroatoms. The molecule has 2 aliphatic rings. The molecule has 5 nitrogen and oxygen atoms in total. The number of aliphatic imine (C=N–C) groups is 1. The molecule has 0 aromatic heterocycles. The molecular weight excluding hydrogens is 380 g/mol. The second kappa shape index (κ2) is 7.29. The highest BCUT2D eigenvalue weighted by Gasteiger charge is 2.49. The first-order valence-electron chi connectivity index (χ1n) is 8.34. The van der Waals surface area contributed by atoms with Crippen molar-refractivity contribution >= 4 is 50.0 Å². The Bertz CT molecular complexity index is 823. The Labute approximate surface area is 157 Å². The molecular formula is C17H21ClN2O3S2. The van der Waals surface area contributed by atoms with Crippen molar-refractivity contribution in [3.63, 3.8) is 0 Å². The van der Waals surface area contributed by atoms with Crippen LogP contribution in [0.1, 0.15) is 31.7 Å². The fourth-order valence-corrected chi connectivity index (χ4v) is 7.27. The molecule has 1 aromatic rings. The van der Waals surface area contributed by atoms with Gasteiger partial charge in [0.15, 0.2) is 15.0 Å². The minimum atomic E-state index is -3.07. The summed E-state index contributed by atoms with van der Waals surface area (Å²) in [5, 5.41) is 1.07. The number of halogens is 1. The van der Waals surface area contributed by atoms with Gasteiger partial charge in [-0.25, -0.2) is 8.42 Å². The van der Waals surface area contributed by atoms with Crippen molar-refractivity contribution in [2.45, 2.75) is 44.4 Å². The van der Waals surface area contributed by atoms with Gasteiger partial charge in [0.1, 0.15) is 0 Å². The van der Waals surface area contributed by atoms with Crippen LogP contribution in [0.25, 0.3) is 0 Å². The monoisotopic (exact) mass is 400 g/mol. The van der Waals surface area contributed by atoms with E-state index in [1.165, 1.54) is 11.8 Å². The predicted molar refractivity (Wildman–Crippen MR) is 104 cm³/mol. The first kappa shape index (κ1) is 18.7. The Hall–Kier alpha value is -1.05. The molecule has 136 valence electrons. The van der Waals surface area contributed by atoms with E-state index >= 15 is 0 Å². The molecule has 0 bridgehead atoms. The normalized spacial score (nSPS) is 26.2. The Morgan fingerprint density at radius 1 is 1.40 bits per heavy atom. The van der Waals surface area contributed by atoms with Gasteiger partial charge in [0.2, 0.25) is 5.91 Å². The molecule has 2 heterocycles. The van der Waals surface area contributed by atoms with Crippen molar-refractivity contribution in [3.05, 3.63) is 28.8 Å². The van der Waals surface area contributed by atoms with Crippen molar-refractivity contribution in [1.29, 1.82) is 0 Å². The van der Waals surface area contributed by atoms with Crippen molar-refractivity contribution in [2.75, 3.05) is 16.4 Å². The van der Waals surface area contributed by atoms with Crippen molar-refractivity contribution in [1.82, 2.24) is 0 Å². The summed E-state index contributed by atoms with van der Waals surface area (Å²) in [4.78, 5) is 18.4. The zero-order chi connectivity index (χ0) is 18.2. The number of thioether (sulfide) groups is 1. The van der Waals surface area contributed by atoms with Gasteiger partial charge in [0, 0.05) is 22.4 Å². The van der Waals surface area contributed by atoms with E-state index in [0.717, 1.165) is 24.1 Å². The van der Waals surface area contributed by atoms with Crippen LogP contribution in [-0.4, -0.2) is 42.3 Å². The fraction of sp³-hybridized carbons (Fsp3) is 0.529. The number of nitrogens with zero attached hydrogens (tertiary/aromatic N) is 2. The first-order chi connectivity index (χ1) is 11.8. The maximum Gasteiger partial charge on any atom is 0.248 e. The number of sulfone groups is 1. The molecule has 3 rings (SSSR count). The smallest absolute Gasteiger partial charge is 0.248 e. The number of hydrogen-bond donors (Lipinski definition) is 0. The number of carbonyl (C=O) groups excluding carboxylic acids is 1. The summed E-state index contributed by atoms with van der Waals surface area (Å²) in [6, 6.07) is 5.31. The molecule has 0 saturated carbocycles. The summed E-state index contributed by atoms with van der Waals surface area (Å²) in [6.45, 7) is 3.98. The average molecular weight is 401 g/mol. The van der Waals surface area contributed by atoms with Gasteiger partial charge in [-0.3, -0.25) is 4.79 Å². The van der Waals surface area contributed by atoms with E-state index in [0.29, 0.717) is 16.6 Å². The van der Waals surface area contributed by atoms with Crippen LogP contribution < -0.4 is 4.90 Å². The van der Waals surface area contributed by atoms with Crippen molar-refractivity contribution < 1.29 is 13.2 Å². The topological polar surface area (TPSA) is 66.8 Å². The highest BCUT2D eigenvalue weighted by atomic mass is 35.5. The van der Waals surface area contributed by atoms with Gasteiger partial charge in [-0.2, -0.15) is 4.99 Å². The van der Waals surface area contributed by atoms with Crippen LogP contribution in [0, 0.1) is 6.92 Å². The molecule has 2 fully saturated rings. The third kappa shape index (κ3) is 4.04. The number of anilines is 1. The molecule has 2 saturated heterocycles. The van der Waals surface area contributed by atoms with Gasteiger partial charge in [-0.15, -0.1) is 0 Å². The molecule has 1 amide bonds. The van der Waals surface area contributed by atoms with Crippen LogP contribution in [0.2, 0.25) is 5.02 Å². The Morgan fingerprint density at radius 2 is 2.16 bits per heavy atom. The highest BCUT2D eigenvalue weighted by Crippen LogP contribution is 2.42. The quantitative estimate of drug-likeness (QED) is 0.774. The lowest BCUT2D eigenvalue weighted by Crippen LogP contribution is -2.38. The predicted octanol–water partition coefficient (Wildman–Crippen LogP) is 3.44. The summed E-state index contributed by atoms with van der Waals surface area (Å²) in [6.07, 6.45) is 2.15. The third-order valence-electron chi connectivity index (χ3n) is 4.46. The second-order valence-corrected chi connectivity index (χ2v) is 10.3. The standard InChI is InChI=1S/C17H21ClN2O3S2/c1-3-4-5-16(21)19-17-20(13-8-12(18)7-6-11(13)2)14-9-25(22,23)10-15(14)24-17/h6-8,14-15H,3-5,9-10H2,1-2H3/t14-,15-/m1/s1. The van der Waals surface area contributed by atoms with E-state index in [1.54, 1.807) is 6.07 Å². The van der Waals surface area contributed by atoms with Crippen LogP contribution >= 0.6 is 23.4 Å². The van der Waals surface area contributed by atoms with E-state index in [2.05, 4.69) is 4.99 Å². The van der Waals surface area contributed by atoms with Gasteiger partial charge >= 0.3 is 0 Å². The van der Waals surface area contributed by atoms with Gasteiger partial charge in [-0.05, 0) is 31.0 Å². The summed E-state index contributed by atoms with van der Waals surface area (Å²) >= 11 is 7.55. The summed E-state index contributed by atoms with van der Waals surface area (Å²) < 4.78 is 24.1. The lowest BCUT2D eigenvalue weighted by Gasteiger charge is -2.26. The first-order valence-corrected chi connectivity index (χ1v) is 11.4. The molecule has 0 radical (unpaired) electrons. The number of rotatable bonds is 4. The van der Waals surface area contributed by atoms with Gasteiger partial charge < -0.3 is 4.90 Å². The van der Waals surface area contributed by atoms with E-state index in [-0.39, 0.29) is 28.7 Å². The van der Waals surface area contributed by atoms with E-state index in [9.17, 15) is 13.2 Å². The molecule has 0 spiro atoms. The van der Waals surface area contributed by atoms with Gasteiger partial charge in [0.25, 0.3) is 0 Å². The Kier molecular flexibility index (Phi) is 5.46. The zero-order valence-electron chi connectivity index (χ0n) is 14.2. The number of amides is 1. The molecule has 0 unspecified atom stereocenters. The Morgan fingerprint density at radius 3 is 2.88 bits per heavy atom. The fourth-order valence-electron chi connectivity index (χ4n) is 3.18. The number of aryl methyl sites for hydroxylation is 1. The lowest BCUT2D eigenvalue weighted by atomic mass is 10.1. The van der Waals surface area contributed by atoms with Crippen LogP contribution in [0.4, 0.5) is 5.69 Å². The number of hydrogen-bond acceptors (Lipinski definition) is 4. The summed E-state index contributed by atoms with van der Waals surface area (Å²) in [5.41, 5.74) is 1.80. The summed E-state index contributed by atoms with van der Waals surface area (Å²) in [5.74, 6) is 0.0521. The van der Waals surface area contributed by atoms with Gasteiger partial charge in [-0.1, -0.05) is 42.8 Å². The van der Waals surface area contributed by atoms with E-state index in [4.69, 9.17) is 11.6 Å². The number of benzene rings is 1. The average Bonchev–Trinajstić information content (AvgIpc) is 2.98. The highest BCUT2D eigenvalue weighted by molar-refractivity contribution is 8.16. The van der Waals surface area contributed by atoms with Crippen LogP contribution in [-0.2, 0) is 14.6 Å². The molecule has 0 aliphatic carbocycles. The zero-order valence-corrected chi connectivity index (χ0v) is 16.6. The maximum atomic E-state index is 12.2. The van der Waals surface area contributed by atoms with Crippen LogP contribution in [0.5, 0.6) is 0 Å². The number of carbonyl (C=O) groups is 1. The minimum Gasteiger partial charge on any atom is -0.315 e. The van der Waals surface area contributed by atoms with Gasteiger partial charge in [0.05, 0.1) is 17.5 Å². The summed E-state index contributed by atoms with van der Waals surface area (Å²) in [7, 11) is -3.07. The number of unbranched alkanes of at least 4 members (excludes halogenated alkanes) is 1. The lowest BCUT2D eigenvalue weighted by molar-refractivity contribution is -0.117. The molecule has 2 aliphatic heterocycles. The van der Waals surface area contributed by atoms with Crippen LogP contribution in [0.15, 0.2) is 23.2 Å². The van der Waals surface area contributed by atoms with E-state index in [1.807, 2.05) is 30.9 Å². The van der Waals surface area contributed by atoms with E-state index < -0.39 is 9.84 Å². The van der Waals surface area contributed by atoms with Crippen LogP contribution in [0.3, 0.4) is 0 Å². The van der Waals surface area contributed by atoms with Crippen molar-refractivity contribution in [3.8, 4) is 0 Å². The molecule has 2 atom stereocenters. The van der Waals surface area contributed by atoms with Crippen molar-refractivity contribution in [2.24, 2.45) is 4.99 Å². The minimum absolute atomic E-state index is 0.0821. The second-order valence-electron chi connectivity index (χ2n) is 6.49. The number of fused-ring (bicyclic) bond motifs is 1. The maximum absolute atomic E-state index is 12.2. The molecule has 25 heavy (non-hydrogen) atoms. The SMILES string of the molecule is CCCCC(=O)N=C1S[C@@H]2CS(=O)(=O)C[C@H]2N1c1cc(Cl)ccc1C. The molecule has 0 N–H and O–H groups in total. The third-order valence-corrected chi connectivity index (χ3v) is 7.91.